The van der Waals surface area contributed by atoms with Crippen LogP contribution in [0.25, 0.3) is 11.2 Å². The maximum Gasteiger partial charge on any atom is 0.280 e. The molecule has 2 aromatic heterocycles. The Balaban J connectivity index is 1.67. The van der Waals surface area contributed by atoms with Crippen molar-refractivity contribution in [3.63, 3.8) is 0 Å². The van der Waals surface area contributed by atoms with Gasteiger partial charge in [0.2, 0.25) is 5.95 Å². The Hall–Kier alpha value is -2.26. The zero-order valence-corrected chi connectivity index (χ0v) is 12.7. The predicted octanol–water partition coefficient (Wildman–Crippen LogP) is -0.739. The van der Waals surface area contributed by atoms with Crippen molar-refractivity contribution in [3.05, 3.63) is 16.7 Å². The lowest BCUT2D eigenvalue weighted by molar-refractivity contribution is -0.192. The minimum atomic E-state index is -0.699. The van der Waals surface area contributed by atoms with Gasteiger partial charge in [-0.15, -0.1) is 0 Å². The number of anilines is 1. The number of nitrogens with zero attached hydrogens (tertiary/aromatic N) is 4. The third-order valence-corrected chi connectivity index (χ3v) is 5.71. The van der Waals surface area contributed by atoms with Gasteiger partial charge in [0.15, 0.2) is 23.2 Å². The molecule has 0 radical (unpaired) electrons. The van der Waals surface area contributed by atoms with E-state index in [0.717, 1.165) is 0 Å². The number of likely N-dealkylation sites (N-methyl/N-ethyl adjacent to an activating group) is 1. The SMILES string of the molecule is CC[C@@]12O[C@@H](n3cnc4c(=O)[nH]c(N)nc43)C3C1C(C2=O)N3C. The molecule has 23 heavy (non-hydrogen) atoms. The molecule has 3 fully saturated rings. The number of Topliss-reactive ketones (excluding diaryl/α,β-unsaturated/α-hetero) is 1. The molecule has 0 aromatic carbocycles. The number of nitrogens with two attached hydrogens (primary N) is 1. The van der Waals surface area contributed by atoms with Crippen LogP contribution in [0.15, 0.2) is 11.1 Å². The highest BCUT2D eigenvalue weighted by atomic mass is 16.5. The van der Waals surface area contributed by atoms with Crippen molar-refractivity contribution in [1.29, 1.82) is 0 Å². The Morgan fingerprint density at radius 1 is 1.48 bits per heavy atom. The normalized spacial score (nSPS) is 38.4. The Labute approximate surface area is 130 Å². The topological polar surface area (TPSA) is 119 Å². The fraction of sp³-hybridized carbons (Fsp3) is 0.571. The molecule has 3 aliphatic rings. The number of hydrogen-bond donors (Lipinski definition) is 2. The van der Waals surface area contributed by atoms with E-state index in [1.807, 2.05) is 18.9 Å². The van der Waals surface area contributed by atoms with Crippen molar-refractivity contribution in [1.82, 2.24) is 24.4 Å². The van der Waals surface area contributed by atoms with Crippen LogP contribution in [0.1, 0.15) is 19.6 Å². The van der Waals surface area contributed by atoms with Crippen LogP contribution in [0.5, 0.6) is 0 Å². The first kappa shape index (κ1) is 13.2. The maximum atomic E-state index is 12.4. The number of nitrogen functional groups attached to an aromatic ring is 1. The number of piperidine rings is 1. The molecule has 2 saturated heterocycles. The Kier molecular flexibility index (Phi) is 2.18. The van der Waals surface area contributed by atoms with Gasteiger partial charge in [-0.3, -0.25) is 24.0 Å². The van der Waals surface area contributed by atoms with Crippen molar-refractivity contribution in [2.24, 2.45) is 5.92 Å². The summed E-state index contributed by atoms with van der Waals surface area (Å²) in [5.74, 6) is 0.388. The number of H-pyrrole nitrogens is 1. The van der Waals surface area contributed by atoms with Gasteiger partial charge in [-0.25, -0.2) is 4.98 Å². The highest BCUT2D eigenvalue weighted by Crippen LogP contribution is 2.63. The largest absolute Gasteiger partial charge is 0.369 e. The van der Waals surface area contributed by atoms with E-state index >= 15 is 0 Å². The Morgan fingerprint density at radius 3 is 3.00 bits per heavy atom. The molecule has 0 amide bonds. The summed E-state index contributed by atoms with van der Waals surface area (Å²) in [5, 5.41) is 0. The molecular weight excluding hydrogens is 300 g/mol. The summed E-state index contributed by atoms with van der Waals surface area (Å²) < 4.78 is 7.93. The van der Waals surface area contributed by atoms with Crippen LogP contribution in [-0.2, 0) is 9.53 Å². The van der Waals surface area contributed by atoms with E-state index in [9.17, 15) is 9.59 Å². The maximum absolute atomic E-state index is 12.4. The van der Waals surface area contributed by atoms with E-state index in [4.69, 9.17) is 10.5 Å². The zero-order valence-electron chi connectivity index (χ0n) is 12.7. The monoisotopic (exact) mass is 316 g/mol. The number of likely N-dealkylation sites (tertiary alicyclic amines) is 1. The van der Waals surface area contributed by atoms with E-state index < -0.39 is 11.8 Å². The van der Waals surface area contributed by atoms with Gasteiger partial charge in [-0.1, -0.05) is 6.92 Å². The molecule has 3 N–H and O–H groups in total. The molecule has 5 atom stereocenters. The fourth-order valence-electron chi connectivity index (χ4n) is 4.62. The Morgan fingerprint density at radius 2 is 2.26 bits per heavy atom. The van der Waals surface area contributed by atoms with Crippen molar-refractivity contribution in [3.8, 4) is 0 Å². The number of ether oxygens (including phenoxy) is 1. The summed E-state index contributed by atoms with van der Waals surface area (Å²) in [6, 6.07) is 0.0403. The lowest BCUT2D eigenvalue weighted by Crippen LogP contribution is -2.81. The summed E-state index contributed by atoms with van der Waals surface area (Å²) in [5.41, 5.74) is 5.17. The fourth-order valence-corrected chi connectivity index (χ4v) is 4.62. The third kappa shape index (κ3) is 1.24. The third-order valence-electron chi connectivity index (χ3n) is 5.71. The number of imidazole rings is 1. The number of aromatic nitrogens is 4. The number of rotatable bonds is 2. The molecule has 120 valence electrons. The van der Waals surface area contributed by atoms with Crippen LogP contribution in [0.3, 0.4) is 0 Å². The molecule has 1 aliphatic carbocycles. The van der Waals surface area contributed by atoms with Gasteiger partial charge < -0.3 is 10.5 Å². The molecule has 9 nitrogen and oxygen atoms in total. The average Bonchev–Trinajstić information content (AvgIpc) is 2.99. The van der Waals surface area contributed by atoms with E-state index in [0.29, 0.717) is 12.1 Å². The first-order valence-corrected chi connectivity index (χ1v) is 7.66. The number of carbonyl (C=O) groups is 1. The highest BCUT2D eigenvalue weighted by Gasteiger charge is 2.79. The molecule has 0 bridgehead atoms. The molecule has 3 unspecified atom stereocenters. The molecular formula is C14H16N6O3. The van der Waals surface area contributed by atoms with Crippen LogP contribution < -0.4 is 11.3 Å². The minimum Gasteiger partial charge on any atom is -0.369 e. The summed E-state index contributed by atoms with van der Waals surface area (Å²) in [6.07, 6.45) is 1.79. The van der Waals surface area contributed by atoms with Crippen LogP contribution in [0.2, 0.25) is 0 Å². The number of hydrogen-bond acceptors (Lipinski definition) is 7. The molecule has 2 aromatic rings. The van der Waals surface area contributed by atoms with E-state index in [1.54, 1.807) is 4.57 Å². The van der Waals surface area contributed by atoms with Gasteiger partial charge >= 0.3 is 0 Å². The van der Waals surface area contributed by atoms with Gasteiger partial charge in [0.1, 0.15) is 5.60 Å². The van der Waals surface area contributed by atoms with E-state index in [-0.39, 0.29) is 40.8 Å². The number of carbonyl (C=O) groups excluding carboxylic acids is 1. The molecule has 5 rings (SSSR count). The molecule has 1 saturated carbocycles. The van der Waals surface area contributed by atoms with Gasteiger partial charge in [0.25, 0.3) is 5.56 Å². The van der Waals surface area contributed by atoms with Crippen molar-refractivity contribution >= 4 is 22.9 Å². The smallest absolute Gasteiger partial charge is 0.280 e. The van der Waals surface area contributed by atoms with Gasteiger partial charge in [0, 0.05) is 5.92 Å². The number of fused-ring (bicyclic) bond motifs is 1. The highest BCUT2D eigenvalue weighted by molar-refractivity contribution is 6.02. The van der Waals surface area contributed by atoms with E-state index in [2.05, 4.69) is 15.0 Å². The van der Waals surface area contributed by atoms with Crippen molar-refractivity contribution in [2.45, 2.75) is 37.3 Å². The molecule has 0 spiro atoms. The average molecular weight is 316 g/mol. The Bertz CT molecular complexity index is 919. The quantitative estimate of drug-likeness (QED) is 0.749. The second kappa shape index (κ2) is 3.80. The van der Waals surface area contributed by atoms with Crippen LogP contribution in [0, 0.1) is 5.92 Å². The van der Waals surface area contributed by atoms with Crippen LogP contribution >= 0.6 is 0 Å². The summed E-state index contributed by atoms with van der Waals surface area (Å²) in [7, 11) is 1.93. The summed E-state index contributed by atoms with van der Waals surface area (Å²) in [6.45, 7) is 1.97. The van der Waals surface area contributed by atoms with Gasteiger partial charge in [-0.2, -0.15) is 4.98 Å². The zero-order chi connectivity index (χ0) is 16.1. The second-order valence-electron chi connectivity index (χ2n) is 6.52. The second-order valence-corrected chi connectivity index (χ2v) is 6.52. The predicted molar refractivity (Wildman–Crippen MR) is 79.5 cm³/mol. The van der Waals surface area contributed by atoms with Crippen molar-refractivity contribution in [2.75, 3.05) is 12.8 Å². The molecule has 2 aliphatic heterocycles. The molecule has 4 heterocycles. The van der Waals surface area contributed by atoms with Gasteiger partial charge in [-0.05, 0) is 13.5 Å². The van der Waals surface area contributed by atoms with E-state index in [1.165, 1.54) is 6.33 Å². The first-order chi connectivity index (χ1) is 11.0. The van der Waals surface area contributed by atoms with Crippen LogP contribution in [-0.4, -0.2) is 54.9 Å². The first-order valence-electron chi connectivity index (χ1n) is 7.66. The number of nitrogens with one attached hydrogen (secondary N) is 1. The minimum absolute atomic E-state index is 0.0336. The lowest BCUT2D eigenvalue weighted by Gasteiger charge is -2.61. The standard InChI is InChI=1S/C14H16N6O3/c1-3-14-5-7(9(14)21)19(2)8(5)12(23-14)20-4-16-6-10(20)17-13(15)18-11(6)22/h4-5,7-8,12H,3H2,1-2H3,(H3,15,17,18,22)/t5?,7?,8?,12-,14-/m1/s1. The summed E-state index contributed by atoms with van der Waals surface area (Å²) >= 11 is 0. The lowest BCUT2D eigenvalue weighted by atomic mass is 9.55. The number of aromatic amines is 1. The molecule has 9 heteroatoms. The number of ketones is 1. The van der Waals surface area contributed by atoms with Crippen molar-refractivity contribution < 1.29 is 9.53 Å². The van der Waals surface area contributed by atoms with Gasteiger partial charge in [0.05, 0.1) is 18.4 Å². The summed E-state index contributed by atoms with van der Waals surface area (Å²) in [4.78, 5) is 37.2. The van der Waals surface area contributed by atoms with Crippen LogP contribution in [0.4, 0.5) is 5.95 Å².